The minimum Gasteiger partial charge on any atom is -0.469 e. The van der Waals surface area contributed by atoms with E-state index in [4.69, 9.17) is 19.2 Å². The number of thiazole rings is 1. The maximum atomic E-state index is 12.4. The number of piperidine rings is 1. The minimum atomic E-state index is -0.500. The Labute approximate surface area is 237 Å². The molecule has 1 saturated heterocycles. The molecule has 4 rings (SSSR count). The average molecular weight is 571 g/mol. The van der Waals surface area contributed by atoms with E-state index in [0.717, 1.165) is 28.6 Å². The summed E-state index contributed by atoms with van der Waals surface area (Å²) >= 11 is 3.02. The molecule has 0 bridgehead atoms. The molecule has 11 heteroatoms. The van der Waals surface area contributed by atoms with Crippen molar-refractivity contribution in [1.82, 2.24) is 14.9 Å². The number of esters is 1. The minimum absolute atomic E-state index is 0.246. The number of anilines is 2. The number of para-hydroxylation sites is 1. The van der Waals surface area contributed by atoms with Gasteiger partial charge in [0.1, 0.15) is 11.4 Å². The maximum Gasteiger partial charge on any atom is 0.410 e. The van der Waals surface area contributed by atoms with E-state index in [-0.39, 0.29) is 18.0 Å². The lowest BCUT2D eigenvalue weighted by atomic mass is 9.94. The molecular weight excluding hydrogens is 536 g/mol. The van der Waals surface area contributed by atoms with Crippen LogP contribution in [-0.2, 0) is 14.3 Å². The number of hydrogen-bond donors (Lipinski definition) is 1. The molecule has 1 aromatic carbocycles. The number of nitrogens with one attached hydrogen (secondary N) is 1. The molecule has 3 heterocycles. The third kappa shape index (κ3) is 8.59. The molecule has 1 N–H and O–H groups in total. The molecule has 3 aromatic rings. The van der Waals surface area contributed by atoms with Gasteiger partial charge in [0.2, 0.25) is 0 Å². The Balaban J connectivity index is 1.42. The van der Waals surface area contributed by atoms with E-state index >= 15 is 0 Å². The Kier molecular flexibility index (Phi) is 9.68. The molecule has 0 unspecified atom stereocenters. The smallest absolute Gasteiger partial charge is 0.410 e. The molecule has 39 heavy (non-hydrogen) atoms. The van der Waals surface area contributed by atoms with Gasteiger partial charge in [-0.2, -0.15) is 0 Å². The summed E-state index contributed by atoms with van der Waals surface area (Å²) in [4.78, 5) is 35.9. The molecule has 0 atom stereocenters. The summed E-state index contributed by atoms with van der Waals surface area (Å²) in [5.74, 6) is 2.41. The molecule has 0 radical (unpaired) electrons. The molecule has 9 nitrogen and oxygen atoms in total. The van der Waals surface area contributed by atoms with Crippen LogP contribution in [0.15, 0.2) is 52.9 Å². The summed E-state index contributed by atoms with van der Waals surface area (Å²) in [6.45, 7) is 6.93. The number of benzene rings is 1. The summed E-state index contributed by atoms with van der Waals surface area (Å²) < 4.78 is 16.4. The second-order valence-electron chi connectivity index (χ2n) is 10.1. The molecule has 208 valence electrons. The van der Waals surface area contributed by atoms with Crippen LogP contribution in [0.4, 0.5) is 15.7 Å². The highest BCUT2D eigenvalue weighted by molar-refractivity contribution is 7.99. The van der Waals surface area contributed by atoms with Gasteiger partial charge in [0.25, 0.3) is 0 Å². The second-order valence-corrected chi connectivity index (χ2v) is 12.1. The molecule has 0 aliphatic carbocycles. The quantitative estimate of drug-likeness (QED) is 0.219. The summed E-state index contributed by atoms with van der Waals surface area (Å²) in [7, 11) is 1.39. The normalized spacial score (nSPS) is 14.1. The van der Waals surface area contributed by atoms with Crippen LogP contribution < -0.4 is 10.1 Å². The SMILES string of the molecule is COC(=O)CCSc1cnc(Nc2nc(C3CCN(C(=O)OC(C)(C)C)CC3)cs2)c(Oc2ccccc2)c1. The fraction of sp³-hybridized carbons (Fsp3) is 0.429. The van der Waals surface area contributed by atoms with Gasteiger partial charge in [0.05, 0.1) is 19.2 Å². The number of carbonyl (C=O) groups excluding carboxylic acids is 2. The van der Waals surface area contributed by atoms with Crippen molar-refractivity contribution in [1.29, 1.82) is 0 Å². The van der Waals surface area contributed by atoms with Crippen molar-refractivity contribution in [3.05, 3.63) is 53.7 Å². The zero-order valence-corrected chi connectivity index (χ0v) is 24.3. The monoisotopic (exact) mass is 570 g/mol. The van der Waals surface area contributed by atoms with Crippen LogP contribution in [0.25, 0.3) is 0 Å². The fourth-order valence-corrected chi connectivity index (χ4v) is 5.58. The molecular formula is C28H34N4O5S2. The maximum absolute atomic E-state index is 12.4. The number of likely N-dealkylation sites (tertiary alicyclic amines) is 1. The van der Waals surface area contributed by atoms with Crippen molar-refractivity contribution < 1.29 is 23.8 Å². The zero-order valence-electron chi connectivity index (χ0n) is 22.6. The first kappa shape index (κ1) is 28.7. The van der Waals surface area contributed by atoms with Crippen molar-refractivity contribution in [3.8, 4) is 11.5 Å². The van der Waals surface area contributed by atoms with Crippen molar-refractivity contribution in [2.45, 2.75) is 56.4 Å². The molecule has 0 saturated carbocycles. The van der Waals surface area contributed by atoms with Crippen LogP contribution in [-0.4, -0.2) is 58.5 Å². The van der Waals surface area contributed by atoms with E-state index in [2.05, 4.69) is 15.7 Å². The average Bonchev–Trinajstić information content (AvgIpc) is 3.38. The van der Waals surface area contributed by atoms with Gasteiger partial charge in [0, 0.05) is 41.2 Å². The number of nitrogens with zero attached hydrogens (tertiary/aromatic N) is 3. The number of hydrogen-bond acceptors (Lipinski definition) is 10. The molecule has 2 aromatic heterocycles. The number of rotatable bonds is 9. The summed E-state index contributed by atoms with van der Waals surface area (Å²) in [5, 5.41) is 6.10. The predicted octanol–water partition coefficient (Wildman–Crippen LogP) is 6.84. The van der Waals surface area contributed by atoms with E-state index < -0.39 is 5.60 Å². The van der Waals surface area contributed by atoms with Crippen molar-refractivity contribution in [2.24, 2.45) is 0 Å². The largest absolute Gasteiger partial charge is 0.469 e. The van der Waals surface area contributed by atoms with Crippen LogP contribution in [0.2, 0.25) is 0 Å². The fourth-order valence-electron chi connectivity index (χ4n) is 3.96. The van der Waals surface area contributed by atoms with E-state index in [1.54, 1.807) is 11.1 Å². The number of methoxy groups -OCH3 is 1. The van der Waals surface area contributed by atoms with Gasteiger partial charge in [-0.1, -0.05) is 18.2 Å². The first-order chi connectivity index (χ1) is 18.7. The molecule has 1 fully saturated rings. The van der Waals surface area contributed by atoms with E-state index in [0.29, 0.717) is 42.6 Å². The molecule has 0 spiro atoms. The van der Waals surface area contributed by atoms with Crippen LogP contribution in [0.3, 0.4) is 0 Å². The number of ether oxygens (including phenoxy) is 3. The van der Waals surface area contributed by atoms with Crippen molar-refractivity contribution >= 4 is 46.1 Å². The lowest BCUT2D eigenvalue weighted by molar-refractivity contribution is -0.140. The summed E-state index contributed by atoms with van der Waals surface area (Å²) in [6, 6.07) is 11.4. The summed E-state index contributed by atoms with van der Waals surface area (Å²) in [6.07, 6.45) is 3.48. The topological polar surface area (TPSA) is 103 Å². The molecule has 1 aliphatic heterocycles. The van der Waals surface area contributed by atoms with Gasteiger partial charge >= 0.3 is 12.1 Å². The Morgan fingerprint density at radius 2 is 1.92 bits per heavy atom. The van der Waals surface area contributed by atoms with Gasteiger partial charge in [0.15, 0.2) is 16.7 Å². The van der Waals surface area contributed by atoms with Crippen LogP contribution in [0.5, 0.6) is 11.5 Å². The number of amides is 1. The predicted molar refractivity (Wildman–Crippen MR) is 153 cm³/mol. The van der Waals surface area contributed by atoms with Crippen LogP contribution >= 0.6 is 23.1 Å². The number of carbonyl (C=O) groups is 2. The molecule has 1 amide bonds. The lowest BCUT2D eigenvalue weighted by Crippen LogP contribution is -2.41. The Bertz CT molecular complexity index is 1250. The lowest BCUT2D eigenvalue weighted by Gasteiger charge is -2.32. The van der Waals surface area contributed by atoms with Crippen molar-refractivity contribution in [3.63, 3.8) is 0 Å². The number of aromatic nitrogens is 2. The first-order valence-corrected chi connectivity index (χ1v) is 14.7. The first-order valence-electron chi connectivity index (χ1n) is 12.8. The zero-order chi connectivity index (χ0) is 27.8. The Morgan fingerprint density at radius 1 is 1.18 bits per heavy atom. The van der Waals surface area contributed by atoms with Crippen LogP contribution in [0.1, 0.15) is 51.6 Å². The van der Waals surface area contributed by atoms with E-state index in [9.17, 15) is 9.59 Å². The highest BCUT2D eigenvalue weighted by Gasteiger charge is 2.28. The van der Waals surface area contributed by atoms with Gasteiger partial charge in [-0.15, -0.1) is 23.1 Å². The third-order valence-electron chi connectivity index (χ3n) is 5.91. The highest BCUT2D eigenvalue weighted by Crippen LogP contribution is 2.36. The number of thioether (sulfide) groups is 1. The summed E-state index contributed by atoms with van der Waals surface area (Å²) in [5.41, 5.74) is 0.507. The second kappa shape index (κ2) is 13.2. The van der Waals surface area contributed by atoms with Gasteiger partial charge in [-0.3, -0.25) is 4.79 Å². The van der Waals surface area contributed by atoms with E-state index in [1.165, 1.54) is 30.2 Å². The third-order valence-corrected chi connectivity index (χ3v) is 7.65. The van der Waals surface area contributed by atoms with Gasteiger partial charge in [-0.25, -0.2) is 14.8 Å². The van der Waals surface area contributed by atoms with Gasteiger partial charge < -0.3 is 24.4 Å². The highest BCUT2D eigenvalue weighted by atomic mass is 32.2. The van der Waals surface area contributed by atoms with Crippen molar-refractivity contribution in [2.75, 3.05) is 31.3 Å². The molecule has 1 aliphatic rings. The van der Waals surface area contributed by atoms with E-state index in [1.807, 2.05) is 57.2 Å². The number of pyridine rings is 1. The Morgan fingerprint density at radius 3 is 2.62 bits per heavy atom. The standard InChI is InChI=1S/C28H34N4O5S2/c1-28(2,3)37-27(34)32-13-10-19(11-14-32)22-18-39-26(30-22)31-25-23(36-20-8-6-5-7-9-20)16-21(17-29-25)38-15-12-24(33)35-4/h5-9,16-19H,10-15H2,1-4H3,(H,29,30,31). The Hall–Kier alpha value is -3.31. The van der Waals surface area contributed by atoms with Crippen LogP contribution in [0, 0.1) is 0 Å². The van der Waals surface area contributed by atoms with Gasteiger partial charge in [-0.05, 0) is 51.8 Å².